The highest BCUT2D eigenvalue weighted by Gasteiger charge is 2.12. The van der Waals surface area contributed by atoms with E-state index in [1.54, 1.807) is 36.4 Å². The van der Waals surface area contributed by atoms with Gasteiger partial charge in [-0.2, -0.15) is 0 Å². The van der Waals surface area contributed by atoms with Gasteiger partial charge in [-0.3, -0.25) is 4.79 Å². The van der Waals surface area contributed by atoms with E-state index in [1.165, 1.54) is 0 Å². The molecule has 2 aromatic carbocycles. The van der Waals surface area contributed by atoms with Crippen LogP contribution in [0.3, 0.4) is 0 Å². The fourth-order valence-corrected chi connectivity index (χ4v) is 3.32. The van der Waals surface area contributed by atoms with Crippen LogP contribution in [0.15, 0.2) is 40.9 Å². The summed E-state index contributed by atoms with van der Waals surface area (Å²) in [5.74, 6) is -0.205. The van der Waals surface area contributed by atoms with Gasteiger partial charge in [0.15, 0.2) is 0 Å². The molecule has 0 saturated heterocycles. The minimum Gasteiger partial charge on any atom is -0.321 e. The maximum Gasteiger partial charge on any atom is 0.256 e. The molecule has 0 aliphatic heterocycles. The molecule has 98 valence electrons. The molecule has 0 aromatic heterocycles. The molecule has 0 fully saturated rings. The molecule has 0 radical (unpaired) electrons. The van der Waals surface area contributed by atoms with E-state index in [0.29, 0.717) is 20.1 Å². The van der Waals surface area contributed by atoms with E-state index in [9.17, 15) is 4.79 Å². The second kappa shape index (κ2) is 6.43. The predicted molar refractivity (Wildman–Crippen MR) is 91.3 cm³/mol. The Morgan fingerprint density at radius 2 is 1.74 bits per heavy atom. The first-order valence-electron chi connectivity index (χ1n) is 5.19. The van der Waals surface area contributed by atoms with Crippen LogP contribution in [-0.4, -0.2) is 5.91 Å². The van der Waals surface area contributed by atoms with E-state index in [4.69, 9.17) is 23.2 Å². The SMILES string of the molecule is O=C(Nc1ccc(Cl)cc1I)c1ccc(Cl)cc1Br. The summed E-state index contributed by atoms with van der Waals surface area (Å²) in [4.78, 5) is 12.2. The summed E-state index contributed by atoms with van der Waals surface area (Å²) in [5, 5.41) is 4.04. The van der Waals surface area contributed by atoms with Crippen LogP contribution < -0.4 is 5.32 Å². The number of carbonyl (C=O) groups is 1. The van der Waals surface area contributed by atoms with Gasteiger partial charge in [-0.25, -0.2) is 0 Å². The summed E-state index contributed by atoms with van der Waals surface area (Å²) in [6.07, 6.45) is 0. The van der Waals surface area contributed by atoms with E-state index >= 15 is 0 Å². The van der Waals surface area contributed by atoms with E-state index in [2.05, 4.69) is 43.8 Å². The Morgan fingerprint density at radius 3 is 2.37 bits per heavy atom. The standard InChI is InChI=1S/C13H7BrCl2INO/c14-10-5-7(15)1-3-9(10)13(19)18-12-4-2-8(16)6-11(12)17/h1-6H,(H,18,19). The third-order valence-corrected chi connectivity index (χ3v) is 4.37. The Labute approximate surface area is 142 Å². The Balaban J connectivity index is 2.25. The Bertz CT molecular complexity index is 649. The molecular weight excluding hydrogens is 464 g/mol. The molecule has 0 heterocycles. The molecule has 0 unspecified atom stereocenters. The smallest absolute Gasteiger partial charge is 0.256 e. The second-order valence-corrected chi connectivity index (χ2v) is 6.59. The lowest BCUT2D eigenvalue weighted by Crippen LogP contribution is -2.13. The van der Waals surface area contributed by atoms with Crippen molar-refractivity contribution in [1.29, 1.82) is 0 Å². The summed E-state index contributed by atoms with van der Waals surface area (Å²) in [6.45, 7) is 0. The highest BCUT2D eigenvalue weighted by atomic mass is 127. The van der Waals surface area contributed by atoms with E-state index < -0.39 is 0 Å². The topological polar surface area (TPSA) is 29.1 Å². The van der Waals surface area contributed by atoms with Crippen molar-refractivity contribution in [1.82, 2.24) is 0 Å². The van der Waals surface area contributed by atoms with Gasteiger partial charge in [-0.15, -0.1) is 0 Å². The van der Waals surface area contributed by atoms with Crippen molar-refractivity contribution in [3.05, 3.63) is 60.0 Å². The third kappa shape index (κ3) is 3.84. The lowest BCUT2D eigenvalue weighted by atomic mass is 10.2. The number of halogens is 4. The minimum atomic E-state index is -0.205. The van der Waals surface area contributed by atoms with Crippen LogP contribution in [0.1, 0.15) is 10.4 Å². The van der Waals surface area contributed by atoms with Crippen LogP contribution in [0.25, 0.3) is 0 Å². The van der Waals surface area contributed by atoms with Gasteiger partial charge in [0.05, 0.1) is 11.3 Å². The number of hydrogen-bond donors (Lipinski definition) is 1. The van der Waals surface area contributed by atoms with Crippen molar-refractivity contribution in [2.45, 2.75) is 0 Å². The van der Waals surface area contributed by atoms with Crippen LogP contribution in [0, 0.1) is 3.57 Å². The maximum absolute atomic E-state index is 12.2. The fourth-order valence-electron chi connectivity index (χ4n) is 1.45. The Kier molecular flexibility index (Phi) is 5.11. The Hall–Kier alpha value is -0.300. The van der Waals surface area contributed by atoms with Crippen molar-refractivity contribution in [3.63, 3.8) is 0 Å². The lowest BCUT2D eigenvalue weighted by Gasteiger charge is -2.09. The quantitative estimate of drug-likeness (QED) is 0.568. The van der Waals surface area contributed by atoms with E-state index in [-0.39, 0.29) is 5.91 Å². The average Bonchev–Trinajstić information content (AvgIpc) is 2.32. The summed E-state index contributed by atoms with van der Waals surface area (Å²) >= 11 is 17.2. The number of amides is 1. The van der Waals surface area contributed by atoms with Crippen LogP contribution in [-0.2, 0) is 0 Å². The van der Waals surface area contributed by atoms with E-state index in [1.807, 2.05) is 0 Å². The predicted octanol–water partition coefficient (Wildman–Crippen LogP) is 5.61. The van der Waals surface area contributed by atoms with Gasteiger partial charge in [-0.05, 0) is 74.9 Å². The summed E-state index contributed by atoms with van der Waals surface area (Å²) in [5.41, 5.74) is 1.24. The lowest BCUT2D eigenvalue weighted by molar-refractivity contribution is 0.102. The van der Waals surface area contributed by atoms with Crippen LogP contribution in [0.4, 0.5) is 5.69 Å². The molecule has 0 aliphatic rings. The van der Waals surface area contributed by atoms with Crippen molar-refractivity contribution in [2.24, 2.45) is 0 Å². The molecule has 0 aliphatic carbocycles. The number of rotatable bonds is 2. The normalized spacial score (nSPS) is 10.3. The van der Waals surface area contributed by atoms with Crippen molar-refractivity contribution < 1.29 is 4.79 Å². The zero-order valence-corrected chi connectivity index (χ0v) is 14.6. The minimum absolute atomic E-state index is 0.205. The Morgan fingerprint density at radius 1 is 1.11 bits per heavy atom. The molecule has 19 heavy (non-hydrogen) atoms. The van der Waals surface area contributed by atoms with Gasteiger partial charge in [0.25, 0.3) is 5.91 Å². The molecule has 0 spiro atoms. The molecule has 0 bridgehead atoms. The summed E-state index contributed by atoms with van der Waals surface area (Å²) in [7, 11) is 0. The van der Waals surface area contributed by atoms with Crippen LogP contribution in [0.5, 0.6) is 0 Å². The number of carbonyl (C=O) groups excluding carboxylic acids is 1. The zero-order chi connectivity index (χ0) is 14.0. The number of benzene rings is 2. The van der Waals surface area contributed by atoms with E-state index in [0.717, 1.165) is 9.26 Å². The molecule has 0 atom stereocenters. The number of hydrogen-bond acceptors (Lipinski definition) is 1. The van der Waals surface area contributed by atoms with Crippen molar-refractivity contribution >= 4 is 73.3 Å². The van der Waals surface area contributed by atoms with Crippen molar-refractivity contribution in [2.75, 3.05) is 5.32 Å². The van der Waals surface area contributed by atoms with Gasteiger partial charge in [0.1, 0.15) is 0 Å². The first kappa shape index (κ1) is 15.1. The van der Waals surface area contributed by atoms with Crippen LogP contribution >= 0.6 is 61.7 Å². The third-order valence-electron chi connectivity index (χ3n) is 2.36. The first-order chi connectivity index (χ1) is 8.97. The van der Waals surface area contributed by atoms with Crippen molar-refractivity contribution in [3.8, 4) is 0 Å². The molecule has 2 aromatic rings. The van der Waals surface area contributed by atoms with Gasteiger partial charge in [-0.1, -0.05) is 23.2 Å². The summed E-state index contributed by atoms with van der Waals surface area (Å²) < 4.78 is 1.53. The monoisotopic (exact) mass is 469 g/mol. The van der Waals surface area contributed by atoms with Crippen LogP contribution in [0.2, 0.25) is 10.0 Å². The van der Waals surface area contributed by atoms with Gasteiger partial charge < -0.3 is 5.32 Å². The largest absolute Gasteiger partial charge is 0.321 e. The average molecular weight is 471 g/mol. The van der Waals surface area contributed by atoms with Gasteiger partial charge in [0, 0.05) is 18.1 Å². The molecule has 2 nitrogen and oxygen atoms in total. The number of nitrogens with one attached hydrogen (secondary N) is 1. The zero-order valence-electron chi connectivity index (χ0n) is 9.38. The molecule has 2 rings (SSSR count). The maximum atomic E-state index is 12.2. The molecule has 1 N–H and O–H groups in total. The molecule has 0 saturated carbocycles. The first-order valence-corrected chi connectivity index (χ1v) is 7.81. The number of anilines is 1. The fraction of sp³-hybridized carbons (Fsp3) is 0. The van der Waals surface area contributed by atoms with Gasteiger partial charge in [0.2, 0.25) is 0 Å². The van der Waals surface area contributed by atoms with Gasteiger partial charge >= 0.3 is 0 Å². The molecule has 1 amide bonds. The molecule has 6 heteroatoms. The highest BCUT2D eigenvalue weighted by molar-refractivity contribution is 14.1. The second-order valence-electron chi connectivity index (χ2n) is 3.70. The highest BCUT2D eigenvalue weighted by Crippen LogP contribution is 2.25. The molecular formula is C13H7BrCl2INO. The summed E-state index contributed by atoms with van der Waals surface area (Å²) in [6, 6.07) is 10.3.